The molecule has 0 spiro atoms. The van der Waals surface area contributed by atoms with Crippen LogP contribution in [-0.4, -0.2) is 65.8 Å². The van der Waals surface area contributed by atoms with E-state index in [1.54, 1.807) is 4.90 Å². The lowest BCUT2D eigenvalue weighted by Gasteiger charge is -2.35. The summed E-state index contributed by atoms with van der Waals surface area (Å²) in [7, 11) is 0. The van der Waals surface area contributed by atoms with E-state index in [2.05, 4.69) is 5.32 Å². The number of nitrogens with zero attached hydrogens (tertiary/aromatic N) is 2. The van der Waals surface area contributed by atoms with Crippen LogP contribution in [0, 0.1) is 0 Å². The van der Waals surface area contributed by atoms with Crippen molar-refractivity contribution in [1.82, 2.24) is 15.1 Å². The highest BCUT2D eigenvalue weighted by Crippen LogP contribution is 2.29. The van der Waals surface area contributed by atoms with Gasteiger partial charge in [-0.25, -0.2) is 8.78 Å². The summed E-state index contributed by atoms with van der Waals surface area (Å²) in [6.07, 6.45) is 1.61. The van der Waals surface area contributed by atoms with Crippen LogP contribution >= 0.6 is 0 Å². The summed E-state index contributed by atoms with van der Waals surface area (Å²) in [5.74, 6) is -3.26. The smallest absolute Gasteiger partial charge is 0.262 e. The molecule has 2 heterocycles. The number of amides is 2. The van der Waals surface area contributed by atoms with E-state index in [-0.39, 0.29) is 18.4 Å². The van der Waals surface area contributed by atoms with E-state index in [0.717, 1.165) is 12.8 Å². The standard InChI is InChI=1S/C12H17F2N3O2/c13-12(14)5-9(15-7-12)11(19)16-3-4-17(8-1-2-8)10(18)6-16/h8-9,15H,1-7H2. The molecule has 1 saturated carbocycles. The maximum Gasteiger partial charge on any atom is 0.262 e. The van der Waals surface area contributed by atoms with Gasteiger partial charge in [0.1, 0.15) is 0 Å². The van der Waals surface area contributed by atoms with Gasteiger partial charge in [0, 0.05) is 25.6 Å². The number of carbonyl (C=O) groups is 2. The molecule has 3 aliphatic rings. The number of halogens is 2. The summed E-state index contributed by atoms with van der Waals surface area (Å²) in [4.78, 5) is 27.2. The highest BCUT2D eigenvalue weighted by molar-refractivity contribution is 5.89. The number of carbonyl (C=O) groups excluding carboxylic acids is 2. The van der Waals surface area contributed by atoms with Gasteiger partial charge < -0.3 is 9.80 Å². The number of piperazine rings is 1. The molecule has 0 aromatic rings. The van der Waals surface area contributed by atoms with Crippen LogP contribution in [0.15, 0.2) is 0 Å². The Hall–Kier alpha value is -1.24. The molecule has 0 aromatic carbocycles. The van der Waals surface area contributed by atoms with Crippen LogP contribution in [0.1, 0.15) is 19.3 Å². The van der Waals surface area contributed by atoms with Crippen LogP contribution in [0.2, 0.25) is 0 Å². The first-order valence-electron chi connectivity index (χ1n) is 6.66. The quantitative estimate of drug-likeness (QED) is 0.759. The Balaban J connectivity index is 1.58. The predicted octanol–water partition coefficient (Wildman–Crippen LogP) is -0.183. The zero-order valence-electron chi connectivity index (χ0n) is 10.6. The maximum absolute atomic E-state index is 13.1. The van der Waals surface area contributed by atoms with E-state index in [1.165, 1.54) is 4.90 Å². The minimum atomic E-state index is -2.82. The summed E-state index contributed by atoms with van der Waals surface area (Å²) in [6, 6.07) is -0.506. The van der Waals surface area contributed by atoms with Gasteiger partial charge in [-0.15, -0.1) is 0 Å². The van der Waals surface area contributed by atoms with Crippen molar-refractivity contribution in [3.05, 3.63) is 0 Å². The Kier molecular flexibility index (Phi) is 2.96. The van der Waals surface area contributed by atoms with E-state index < -0.39 is 24.9 Å². The third-order valence-electron chi connectivity index (χ3n) is 3.96. The molecule has 1 N–H and O–H groups in total. The number of alkyl halides is 2. The molecule has 19 heavy (non-hydrogen) atoms. The van der Waals surface area contributed by atoms with Crippen LogP contribution in [0.4, 0.5) is 8.78 Å². The number of rotatable bonds is 2. The molecule has 5 nitrogen and oxygen atoms in total. The second kappa shape index (κ2) is 4.40. The third-order valence-corrected chi connectivity index (χ3v) is 3.96. The maximum atomic E-state index is 13.1. The Labute approximate surface area is 109 Å². The largest absolute Gasteiger partial charge is 0.336 e. The Bertz CT molecular complexity index is 412. The normalized spacial score (nSPS) is 30.8. The Morgan fingerprint density at radius 3 is 2.58 bits per heavy atom. The topological polar surface area (TPSA) is 52.7 Å². The number of hydrogen-bond acceptors (Lipinski definition) is 3. The van der Waals surface area contributed by atoms with Gasteiger partial charge in [-0.05, 0) is 12.8 Å². The fraction of sp³-hybridized carbons (Fsp3) is 0.833. The van der Waals surface area contributed by atoms with Gasteiger partial charge in [0.2, 0.25) is 11.8 Å². The predicted molar refractivity (Wildman–Crippen MR) is 62.7 cm³/mol. The van der Waals surface area contributed by atoms with Gasteiger partial charge in [-0.3, -0.25) is 14.9 Å². The highest BCUT2D eigenvalue weighted by atomic mass is 19.3. The first-order chi connectivity index (χ1) is 8.96. The summed E-state index contributed by atoms with van der Waals surface area (Å²) < 4.78 is 26.1. The van der Waals surface area contributed by atoms with Crippen LogP contribution in [-0.2, 0) is 9.59 Å². The molecule has 1 unspecified atom stereocenters. The van der Waals surface area contributed by atoms with Gasteiger partial charge in [0.05, 0.1) is 19.1 Å². The van der Waals surface area contributed by atoms with Gasteiger partial charge >= 0.3 is 0 Å². The summed E-state index contributed by atoms with van der Waals surface area (Å²) in [5, 5.41) is 2.54. The highest BCUT2D eigenvalue weighted by Gasteiger charge is 2.45. The molecule has 0 bridgehead atoms. The molecular formula is C12H17F2N3O2. The van der Waals surface area contributed by atoms with Crippen molar-refractivity contribution in [1.29, 1.82) is 0 Å². The Morgan fingerprint density at radius 1 is 1.32 bits per heavy atom. The second-order valence-corrected chi connectivity index (χ2v) is 5.57. The van der Waals surface area contributed by atoms with Crippen molar-refractivity contribution in [2.24, 2.45) is 0 Å². The lowest BCUT2D eigenvalue weighted by Crippen LogP contribution is -2.56. The molecular weight excluding hydrogens is 256 g/mol. The van der Waals surface area contributed by atoms with Crippen LogP contribution < -0.4 is 5.32 Å². The average molecular weight is 273 g/mol. The monoisotopic (exact) mass is 273 g/mol. The van der Waals surface area contributed by atoms with E-state index in [4.69, 9.17) is 0 Å². The molecule has 2 aliphatic heterocycles. The minimum absolute atomic E-state index is 0.0269. The first kappa shape index (κ1) is 12.8. The zero-order chi connectivity index (χ0) is 13.6. The van der Waals surface area contributed by atoms with Crippen LogP contribution in [0.5, 0.6) is 0 Å². The zero-order valence-corrected chi connectivity index (χ0v) is 10.6. The fourth-order valence-electron chi connectivity index (χ4n) is 2.76. The molecule has 2 amide bonds. The van der Waals surface area contributed by atoms with Crippen molar-refractivity contribution in [3.8, 4) is 0 Å². The van der Waals surface area contributed by atoms with Gasteiger partial charge in [0.15, 0.2) is 0 Å². The van der Waals surface area contributed by atoms with E-state index >= 15 is 0 Å². The second-order valence-electron chi connectivity index (χ2n) is 5.57. The van der Waals surface area contributed by atoms with Crippen molar-refractivity contribution >= 4 is 11.8 Å². The fourth-order valence-corrected chi connectivity index (χ4v) is 2.76. The van der Waals surface area contributed by atoms with Crippen molar-refractivity contribution in [2.45, 2.75) is 37.3 Å². The summed E-state index contributed by atoms with van der Waals surface area (Å²) in [5.41, 5.74) is 0. The lowest BCUT2D eigenvalue weighted by atomic mass is 10.1. The molecule has 1 aliphatic carbocycles. The van der Waals surface area contributed by atoms with Crippen LogP contribution in [0.3, 0.4) is 0 Å². The van der Waals surface area contributed by atoms with E-state index in [1.807, 2.05) is 0 Å². The van der Waals surface area contributed by atoms with E-state index in [0.29, 0.717) is 19.1 Å². The summed E-state index contributed by atoms with van der Waals surface area (Å²) in [6.45, 7) is 0.543. The van der Waals surface area contributed by atoms with Crippen LogP contribution in [0.25, 0.3) is 0 Å². The van der Waals surface area contributed by atoms with Crippen molar-refractivity contribution in [3.63, 3.8) is 0 Å². The first-order valence-corrected chi connectivity index (χ1v) is 6.66. The van der Waals surface area contributed by atoms with Crippen molar-refractivity contribution < 1.29 is 18.4 Å². The molecule has 106 valence electrons. The molecule has 3 rings (SSSR count). The lowest BCUT2D eigenvalue weighted by molar-refractivity contribution is -0.146. The van der Waals surface area contributed by atoms with Gasteiger partial charge in [-0.1, -0.05) is 0 Å². The average Bonchev–Trinajstić information content (AvgIpc) is 3.12. The molecule has 3 fully saturated rings. The summed E-state index contributed by atoms with van der Waals surface area (Å²) >= 11 is 0. The van der Waals surface area contributed by atoms with E-state index in [9.17, 15) is 18.4 Å². The molecule has 7 heteroatoms. The molecule has 0 aromatic heterocycles. The number of hydrogen-bond donors (Lipinski definition) is 1. The van der Waals surface area contributed by atoms with Gasteiger partial charge in [0.25, 0.3) is 5.92 Å². The Morgan fingerprint density at radius 2 is 2.05 bits per heavy atom. The molecule has 0 radical (unpaired) electrons. The third kappa shape index (κ3) is 2.56. The molecule has 1 atom stereocenters. The van der Waals surface area contributed by atoms with Crippen molar-refractivity contribution in [2.75, 3.05) is 26.2 Å². The number of nitrogens with one attached hydrogen (secondary N) is 1. The molecule has 2 saturated heterocycles. The minimum Gasteiger partial charge on any atom is -0.336 e. The van der Waals surface area contributed by atoms with Gasteiger partial charge in [-0.2, -0.15) is 0 Å². The SMILES string of the molecule is O=C(C1CC(F)(F)CN1)N1CCN(C2CC2)C(=O)C1.